The highest BCUT2D eigenvalue weighted by atomic mass is 19.1. The number of nitrogens with two attached hydrogens (primary N) is 1. The number of nitro groups is 1. The molecule has 0 aliphatic rings. The van der Waals surface area contributed by atoms with Crippen LogP contribution >= 0.6 is 0 Å². The second-order valence-corrected chi connectivity index (χ2v) is 2.77. The number of hydrogen-bond donors (Lipinski definition) is 2. The molecule has 0 saturated carbocycles. The average molecular weight is 227 g/mol. The molecule has 1 aromatic rings. The predicted molar refractivity (Wildman–Crippen MR) is 61.3 cm³/mol. The SMILES string of the molecule is CC.CC(=N)c1cc([N+](=O)[O-])cc(F)c1N. The van der Waals surface area contributed by atoms with Gasteiger partial charge in [-0.3, -0.25) is 10.1 Å². The van der Waals surface area contributed by atoms with Gasteiger partial charge >= 0.3 is 0 Å². The maximum Gasteiger partial charge on any atom is 0.273 e. The van der Waals surface area contributed by atoms with Crippen LogP contribution in [0.4, 0.5) is 15.8 Å². The first-order valence-electron chi connectivity index (χ1n) is 4.72. The Labute approximate surface area is 92.7 Å². The summed E-state index contributed by atoms with van der Waals surface area (Å²) in [4.78, 5) is 9.64. The molecule has 0 heterocycles. The van der Waals surface area contributed by atoms with Gasteiger partial charge in [-0.25, -0.2) is 4.39 Å². The van der Waals surface area contributed by atoms with E-state index in [2.05, 4.69) is 0 Å². The second kappa shape index (κ2) is 5.79. The molecule has 0 aromatic heterocycles. The first kappa shape index (κ1) is 14.0. The molecule has 0 atom stereocenters. The van der Waals surface area contributed by atoms with Gasteiger partial charge in [-0.15, -0.1) is 0 Å². The van der Waals surface area contributed by atoms with Crippen LogP contribution in [0.1, 0.15) is 26.3 Å². The Morgan fingerprint density at radius 1 is 1.50 bits per heavy atom. The van der Waals surface area contributed by atoms with Crippen molar-refractivity contribution in [3.05, 3.63) is 33.6 Å². The molecule has 0 amide bonds. The third-order valence-corrected chi connectivity index (χ3v) is 1.73. The van der Waals surface area contributed by atoms with Gasteiger partial charge < -0.3 is 11.1 Å². The smallest absolute Gasteiger partial charge is 0.273 e. The second-order valence-electron chi connectivity index (χ2n) is 2.77. The van der Waals surface area contributed by atoms with E-state index >= 15 is 0 Å². The van der Waals surface area contributed by atoms with Crippen LogP contribution in [0.15, 0.2) is 12.1 Å². The van der Waals surface area contributed by atoms with Crippen molar-refractivity contribution in [1.82, 2.24) is 0 Å². The Morgan fingerprint density at radius 3 is 2.38 bits per heavy atom. The van der Waals surface area contributed by atoms with Crippen LogP contribution in [0.2, 0.25) is 0 Å². The van der Waals surface area contributed by atoms with Gasteiger partial charge in [0.2, 0.25) is 0 Å². The highest BCUT2D eigenvalue weighted by Gasteiger charge is 2.15. The zero-order valence-corrected chi connectivity index (χ0v) is 9.37. The molecule has 0 radical (unpaired) electrons. The van der Waals surface area contributed by atoms with Gasteiger partial charge in [-0.2, -0.15) is 0 Å². The lowest BCUT2D eigenvalue weighted by Gasteiger charge is -2.04. The monoisotopic (exact) mass is 227 g/mol. The van der Waals surface area contributed by atoms with E-state index in [0.717, 1.165) is 12.1 Å². The van der Waals surface area contributed by atoms with Gasteiger partial charge in [0.1, 0.15) is 0 Å². The number of hydrogen-bond acceptors (Lipinski definition) is 4. The maximum absolute atomic E-state index is 13.0. The van der Waals surface area contributed by atoms with Gasteiger partial charge in [0.15, 0.2) is 5.82 Å². The third kappa shape index (κ3) is 3.01. The minimum absolute atomic E-state index is 0.00917. The summed E-state index contributed by atoms with van der Waals surface area (Å²) in [5.41, 5.74) is 4.72. The van der Waals surface area contributed by atoms with Crippen molar-refractivity contribution in [3.63, 3.8) is 0 Å². The first-order chi connectivity index (χ1) is 7.43. The van der Waals surface area contributed by atoms with Gasteiger partial charge in [-0.1, -0.05) is 13.8 Å². The van der Waals surface area contributed by atoms with Gasteiger partial charge in [0.25, 0.3) is 5.69 Å². The summed E-state index contributed by atoms with van der Waals surface area (Å²) in [6.07, 6.45) is 0. The van der Waals surface area contributed by atoms with Crippen molar-refractivity contribution in [3.8, 4) is 0 Å². The fourth-order valence-electron chi connectivity index (χ4n) is 1.02. The van der Waals surface area contributed by atoms with E-state index in [0.29, 0.717) is 0 Å². The molecule has 0 spiro atoms. The number of anilines is 1. The van der Waals surface area contributed by atoms with Crippen molar-refractivity contribution >= 4 is 17.1 Å². The Hall–Kier alpha value is -1.98. The van der Waals surface area contributed by atoms with Crippen molar-refractivity contribution in [2.75, 3.05) is 5.73 Å². The van der Waals surface area contributed by atoms with Crippen LogP contribution in [0, 0.1) is 21.3 Å². The maximum atomic E-state index is 13.0. The zero-order valence-electron chi connectivity index (χ0n) is 9.37. The lowest BCUT2D eigenvalue weighted by atomic mass is 10.1. The number of nitro benzene ring substituents is 1. The molecule has 3 N–H and O–H groups in total. The van der Waals surface area contributed by atoms with Crippen LogP contribution in [0.25, 0.3) is 0 Å². The van der Waals surface area contributed by atoms with Crippen LogP contribution in [-0.4, -0.2) is 10.6 Å². The molecule has 0 saturated heterocycles. The summed E-state index contributed by atoms with van der Waals surface area (Å²) in [6, 6.07) is 1.82. The summed E-state index contributed by atoms with van der Waals surface area (Å²) in [5.74, 6) is -0.874. The number of benzene rings is 1. The molecule has 1 rings (SSSR count). The molecule has 1 aromatic carbocycles. The van der Waals surface area contributed by atoms with Crippen molar-refractivity contribution in [2.45, 2.75) is 20.8 Å². The van der Waals surface area contributed by atoms with E-state index in [-0.39, 0.29) is 17.0 Å². The highest BCUT2D eigenvalue weighted by molar-refractivity contribution is 6.01. The summed E-state index contributed by atoms with van der Waals surface area (Å²) in [6.45, 7) is 5.38. The molecule has 5 nitrogen and oxygen atoms in total. The van der Waals surface area contributed by atoms with Crippen LogP contribution in [-0.2, 0) is 0 Å². The van der Waals surface area contributed by atoms with Crippen LogP contribution < -0.4 is 5.73 Å². The topological polar surface area (TPSA) is 93.0 Å². The minimum Gasteiger partial charge on any atom is -0.396 e. The number of non-ortho nitro benzene ring substituents is 1. The Bertz CT molecular complexity index is 419. The fourth-order valence-corrected chi connectivity index (χ4v) is 1.02. The van der Waals surface area contributed by atoms with Gasteiger partial charge in [0, 0.05) is 17.3 Å². The van der Waals surface area contributed by atoms with E-state index in [9.17, 15) is 14.5 Å². The molecule has 0 aliphatic heterocycles. The van der Waals surface area contributed by atoms with Crippen molar-refractivity contribution in [1.29, 1.82) is 5.41 Å². The molecule has 16 heavy (non-hydrogen) atoms. The fraction of sp³-hybridized carbons (Fsp3) is 0.300. The molecule has 0 bridgehead atoms. The summed E-state index contributed by atoms with van der Waals surface area (Å²) < 4.78 is 13.0. The van der Waals surface area contributed by atoms with E-state index in [1.165, 1.54) is 6.92 Å². The number of nitrogen functional groups attached to an aromatic ring is 1. The van der Waals surface area contributed by atoms with Crippen LogP contribution in [0.3, 0.4) is 0 Å². The number of nitrogens with zero attached hydrogens (tertiary/aromatic N) is 1. The Balaban J connectivity index is 0.00000106. The van der Waals surface area contributed by atoms with E-state index in [1.807, 2.05) is 13.8 Å². The molecular formula is C10H14FN3O2. The Kier molecular flexibility index (Phi) is 5.08. The van der Waals surface area contributed by atoms with Crippen molar-refractivity contribution < 1.29 is 9.31 Å². The number of rotatable bonds is 2. The van der Waals surface area contributed by atoms with E-state index < -0.39 is 16.4 Å². The van der Waals surface area contributed by atoms with Crippen LogP contribution in [0.5, 0.6) is 0 Å². The molecule has 0 aliphatic carbocycles. The molecule has 0 unspecified atom stereocenters. The van der Waals surface area contributed by atoms with Crippen molar-refractivity contribution in [2.24, 2.45) is 0 Å². The lowest BCUT2D eigenvalue weighted by Crippen LogP contribution is -2.04. The van der Waals surface area contributed by atoms with E-state index in [4.69, 9.17) is 11.1 Å². The average Bonchev–Trinajstić information content (AvgIpc) is 2.24. The molecule has 6 heteroatoms. The van der Waals surface area contributed by atoms with E-state index in [1.54, 1.807) is 0 Å². The zero-order chi connectivity index (χ0) is 12.9. The summed E-state index contributed by atoms with van der Waals surface area (Å²) in [7, 11) is 0. The standard InChI is InChI=1S/C8H8FN3O2.C2H6/c1-4(10)6-2-5(12(13)14)3-7(9)8(6)11;1-2/h2-3,10H,11H2,1H3;1-2H3. The summed E-state index contributed by atoms with van der Waals surface area (Å²) >= 11 is 0. The minimum atomic E-state index is -0.874. The number of nitrogens with one attached hydrogen (secondary N) is 1. The molecule has 88 valence electrons. The summed E-state index contributed by atoms with van der Waals surface area (Å²) in [5, 5.41) is 17.6. The first-order valence-corrected chi connectivity index (χ1v) is 4.72. The third-order valence-electron chi connectivity index (χ3n) is 1.73. The molecular weight excluding hydrogens is 213 g/mol. The largest absolute Gasteiger partial charge is 0.396 e. The van der Waals surface area contributed by atoms with Gasteiger partial charge in [-0.05, 0) is 6.92 Å². The van der Waals surface area contributed by atoms with Gasteiger partial charge in [0.05, 0.1) is 16.7 Å². The quantitative estimate of drug-likeness (QED) is 0.352. The number of halogens is 1. The highest BCUT2D eigenvalue weighted by Crippen LogP contribution is 2.23. The normalized spacial score (nSPS) is 9.00. The Morgan fingerprint density at radius 2 is 2.00 bits per heavy atom. The lowest BCUT2D eigenvalue weighted by molar-refractivity contribution is -0.385. The predicted octanol–water partition coefficient (Wildman–Crippen LogP) is 2.73. The molecule has 0 fully saturated rings.